The molecule has 0 fully saturated rings. The Bertz CT molecular complexity index is 254. The van der Waals surface area contributed by atoms with E-state index >= 15 is 0 Å². The van der Waals surface area contributed by atoms with Gasteiger partial charge in [0.25, 0.3) is 0 Å². The van der Waals surface area contributed by atoms with Crippen molar-refractivity contribution in [3.8, 4) is 0 Å². The average molecular weight is 181 g/mol. The van der Waals surface area contributed by atoms with Gasteiger partial charge in [0.1, 0.15) is 5.82 Å². The third-order valence-corrected chi connectivity index (χ3v) is 2.72. The molecule has 0 spiro atoms. The maximum absolute atomic E-state index is 5.63. The molecule has 0 aliphatic carbocycles. The van der Waals surface area contributed by atoms with Gasteiger partial charge in [0.15, 0.2) is 0 Å². The van der Waals surface area contributed by atoms with E-state index < -0.39 is 0 Å². The molecule has 0 saturated carbocycles. The number of aryl methyl sites for hydroxylation is 1. The SMILES string of the molecule is CCn1ccnc1C(C)C(C)CN. The minimum atomic E-state index is 0.444. The van der Waals surface area contributed by atoms with E-state index in [0.717, 1.165) is 18.9 Å². The zero-order chi connectivity index (χ0) is 9.84. The molecule has 0 radical (unpaired) electrons. The van der Waals surface area contributed by atoms with Crippen molar-refractivity contribution in [1.29, 1.82) is 0 Å². The van der Waals surface area contributed by atoms with Gasteiger partial charge < -0.3 is 10.3 Å². The second kappa shape index (κ2) is 4.42. The van der Waals surface area contributed by atoms with Crippen LogP contribution in [-0.2, 0) is 6.54 Å². The fourth-order valence-corrected chi connectivity index (χ4v) is 1.45. The lowest BCUT2D eigenvalue weighted by Crippen LogP contribution is -2.19. The molecule has 1 heterocycles. The Morgan fingerprint density at radius 3 is 2.77 bits per heavy atom. The van der Waals surface area contributed by atoms with Gasteiger partial charge in [-0.05, 0) is 19.4 Å². The monoisotopic (exact) mass is 181 g/mol. The molecule has 1 rings (SSSR count). The Hall–Kier alpha value is -0.830. The molecule has 2 N–H and O–H groups in total. The van der Waals surface area contributed by atoms with Crippen LogP contribution < -0.4 is 5.73 Å². The zero-order valence-corrected chi connectivity index (χ0v) is 8.70. The summed E-state index contributed by atoms with van der Waals surface area (Å²) in [5.41, 5.74) is 5.63. The molecule has 3 heteroatoms. The number of imidazole rings is 1. The van der Waals surface area contributed by atoms with Crippen molar-refractivity contribution < 1.29 is 0 Å². The van der Waals surface area contributed by atoms with Crippen molar-refractivity contribution in [2.24, 2.45) is 11.7 Å². The molecule has 0 saturated heterocycles. The van der Waals surface area contributed by atoms with Gasteiger partial charge in [-0.1, -0.05) is 13.8 Å². The third-order valence-electron chi connectivity index (χ3n) is 2.72. The number of nitrogens with two attached hydrogens (primary N) is 1. The normalized spacial score (nSPS) is 15.7. The maximum Gasteiger partial charge on any atom is 0.111 e. The highest BCUT2D eigenvalue weighted by atomic mass is 15.1. The Morgan fingerprint density at radius 1 is 1.54 bits per heavy atom. The van der Waals surface area contributed by atoms with Gasteiger partial charge in [-0.3, -0.25) is 0 Å². The summed E-state index contributed by atoms with van der Waals surface area (Å²) in [7, 11) is 0. The van der Waals surface area contributed by atoms with E-state index in [0.29, 0.717) is 11.8 Å². The Morgan fingerprint density at radius 2 is 2.23 bits per heavy atom. The molecule has 0 bridgehead atoms. The lowest BCUT2D eigenvalue weighted by molar-refractivity contribution is 0.461. The Balaban J connectivity index is 2.81. The van der Waals surface area contributed by atoms with Crippen LogP contribution >= 0.6 is 0 Å². The number of rotatable bonds is 4. The van der Waals surface area contributed by atoms with Crippen molar-refractivity contribution in [3.05, 3.63) is 18.2 Å². The van der Waals surface area contributed by atoms with Crippen molar-refractivity contribution in [2.45, 2.75) is 33.2 Å². The van der Waals surface area contributed by atoms with Crippen LogP contribution in [0.5, 0.6) is 0 Å². The van der Waals surface area contributed by atoms with Gasteiger partial charge in [-0.25, -0.2) is 4.98 Å². The van der Waals surface area contributed by atoms with Gasteiger partial charge in [-0.15, -0.1) is 0 Å². The summed E-state index contributed by atoms with van der Waals surface area (Å²) in [6, 6.07) is 0. The molecule has 2 atom stereocenters. The van der Waals surface area contributed by atoms with E-state index in [1.165, 1.54) is 0 Å². The van der Waals surface area contributed by atoms with Crippen molar-refractivity contribution >= 4 is 0 Å². The van der Waals surface area contributed by atoms with E-state index in [-0.39, 0.29) is 0 Å². The van der Waals surface area contributed by atoms with Crippen LogP contribution in [0, 0.1) is 5.92 Å². The number of nitrogens with zero attached hydrogens (tertiary/aromatic N) is 2. The third kappa shape index (κ3) is 2.10. The van der Waals surface area contributed by atoms with Gasteiger partial charge in [-0.2, -0.15) is 0 Å². The summed E-state index contributed by atoms with van der Waals surface area (Å²) in [5, 5.41) is 0. The molecule has 0 amide bonds. The molecule has 1 aromatic heterocycles. The first-order chi connectivity index (χ1) is 6.20. The van der Waals surface area contributed by atoms with Crippen molar-refractivity contribution in [3.63, 3.8) is 0 Å². The average Bonchev–Trinajstić information content (AvgIpc) is 2.62. The van der Waals surface area contributed by atoms with E-state index in [1.807, 2.05) is 12.4 Å². The summed E-state index contributed by atoms with van der Waals surface area (Å²) in [5.74, 6) is 2.09. The van der Waals surface area contributed by atoms with Crippen LogP contribution in [-0.4, -0.2) is 16.1 Å². The smallest absolute Gasteiger partial charge is 0.111 e. The second-order valence-corrected chi connectivity index (χ2v) is 3.57. The molecule has 1 aromatic rings. The maximum atomic E-state index is 5.63. The Labute approximate surface area is 80.0 Å². The van der Waals surface area contributed by atoms with Gasteiger partial charge in [0.2, 0.25) is 0 Å². The number of hydrogen-bond donors (Lipinski definition) is 1. The van der Waals surface area contributed by atoms with Crippen molar-refractivity contribution in [1.82, 2.24) is 9.55 Å². The lowest BCUT2D eigenvalue weighted by Gasteiger charge is -2.18. The van der Waals surface area contributed by atoms with Crippen LogP contribution in [0.3, 0.4) is 0 Å². The van der Waals surface area contributed by atoms with Crippen molar-refractivity contribution in [2.75, 3.05) is 6.54 Å². The summed E-state index contributed by atoms with van der Waals surface area (Å²) in [6.07, 6.45) is 3.88. The molecule has 0 aromatic carbocycles. The minimum absolute atomic E-state index is 0.444. The quantitative estimate of drug-likeness (QED) is 0.766. The molecular formula is C10H19N3. The van der Waals surface area contributed by atoms with Crippen LogP contribution in [0.4, 0.5) is 0 Å². The van der Waals surface area contributed by atoms with E-state index in [1.54, 1.807) is 0 Å². The Kier molecular flexibility index (Phi) is 3.48. The first-order valence-corrected chi connectivity index (χ1v) is 4.91. The van der Waals surface area contributed by atoms with E-state index in [9.17, 15) is 0 Å². The lowest BCUT2D eigenvalue weighted by atomic mass is 9.95. The minimum Gasteiger partial charge on any atom is -0.335 e. The predicted octanol–water partition coefficient (Wildman–Crippen LogP) is 1.60. The van der Waals surface area contributed by atoms with Gasteiger partial charge in [0, 0.05) is 24.9 Å². The second-order valence-electron chi connectivity index (χ2n) is 3.57. The highest BCUT2D eigenvalue weighted by molar-refractivity contribution is 5.00. The fraction of sp³-hybridized carbons (Fsp3) is 0.700. The van der Waals surface area contributed by atoms with Gasteiger partial charge in [0.05, 0.1) is 0 Å². The van der Waals surface area contributed by atoms with Crippen LogP contribution in [0.1, 0.15) is 32.5 Å². The summed E-state index contributed by atoms with van der Waals surface area (Å²) in [6.45, 7) is 8.19. The highest BCUT2D eigenvalue weighted by Crippen LogP contribution is 2.21. The van der Waals surface area contributed by atoms with E-state index in [4.69, 9.17) is 5.73 Å². The summed E-state index contributed by atoms with van der Waals surface area (Å²) in [4.78, 5) is 4.36. The van der Waals surface area contributed by atoms with Gasteiger partial charge >= 0.3 is 0 Å². The highest BCUT2D eigenvalue weighted by Gasteiger charge is 2.16. The predicted molar refractivity (Wildman–Crippen MR) is 54.5 cm³/mol. The molecule has 3 nitrogen and oxygen atoms in total. The summed E-state index contributed by atoms with van der Waals surface area (Å²) < 4.78 is 2.18. The molecule has 74 valence electrons. The standard InChI is InChI=1S/C10H19N3/c1-4-13-6-5-12-10(13)9(3)8(2)7-11/h5-6,8-9H,4,7,11H2,1-3H3. The molecule has 2 unspecified atom stereocenters. The van der Waals surface area contributed by atoms with Crippen LogP contribution in [0.2, 0.25) is 0 Å². The topological polar surface area (TPSA) is 43.8 Å². The molecule has 0 aliphatic rings. The summed E-state index contributed by atoms with van der Waals surface area (Å²) >= 11 is 0. The first kappa shape index (κ1) is 10.3. The van der Waals surface area contributed by atoms with Crippen LogP contribution in [0.25, 0.3) is 0 Å². The fourth-order valence-electron chi connectivity index (χ4n) is 1.45. The number of aromatic nitrogens is 2. The zero-order valence-electron chi connectivity index (χ0n) is 8.70. The largest absolute Gasteiger partial charge is 0.335 e. The molecule has 0 aliphatic heterocycles. The number of hydrogen-bond acceptors (Lipinski definition) is 2. The van der Waals surface area contributed by atoms with E-state index in [2.05, 4.69) is 30.3 Å². The van der Waals surface area contributed by atoms with Crippen LogP contribution in [0.15, 0.2) is 12.4 Å². The molecule has 13 heavy (non-hydrogen) atoms. The molecular weight excluding hydrogens is 162 g/mol. The first-order valence-electron chi connectivity index (χ1n) is 4.91.